The first-order chi connectivity index (χ1) is 5.61. The number of rotatable bonds is 6. The van der Waals surface area contributed by atoms with Gasteiger partial charge in [-0.2, -0.15) is 0 Å². The lowest BCUT2D eigenvalue weighted by Crippen LogP contribution is -2.30. The van der Waals surface area contributed by atoms with Gasteiger partial charge < -0.3 is 20.1 Å². The maximum atomic E-state index is 9.24. The maximum Gasteiger partial charge on any atom is 0.100 e. The molecule has 0 rings (SSSR count). The summed E-state index contributed by atoms with van der Waals surface area (Å²) in [6, 6.07) is 0. The molecule has 0 bridgehead atoms. The Morgan fingerprint density at radius 1 is 1.33 bits per heavy atom. The van der Waals surface area contributed by atoms with Crippen molar-refractivity contribution in [2.24, 2.45) is 0 Å². The lowest BCUT2D eigenvalue weighted by Gasteiger charge is -2.19. The van der Waals surface area contributed by atoms with Crippen molar-refractivity contribution < 1.29 is 20.1 Å². The third kappa shape index (κ3) is 4.66. The molecule has 4 heteroatoms. The van der Waals surface area contributed by atoms with Crippen LogP contribution in [0.25, 0.3) is 0 Å². The first kappa shape index (κ1) is 11.8. The molecular weight excluding hydrogens is 160 g/mol. The van der Waals surface area contributed by atoms with E-state index in [1.165, 1.54) is 0 Å². The van der Waals surface area contributed by atoms with Crippen LogP contribution in [0.5, 0.6) is 0 Å². The second-order valence-corrected chi connectivity index (χ2v) is 2.85. The van der Waals surface area contributed by atoms with E-state index in [-0.39, 0.29) is 19.3 Å². The van der Waals surface area contributed by atoms with Gasteiger partial charge in [-0.1, -0.05) is 6.92 Å². The van der Waals surface area contributed by atoms with E-state index in [0.717, 1.165) is 0 Å². The molecular formula is C8H18O4. The fraction of sp³-hybridized carbons (Fsp3) is 1.00. The van der Waals surface area contributed by atoms with Gasteiger partial charge in [0.15, 0.2) is 0 Å². The molecule has 3 N–H and O–H groups in total. The molecule has 3 unspecified atom stereocenters. The molecule has 74 valence electrons. The molecule has 0 saturated heterocycles. The average molecular weight is 178 g/mol. The summed E-state index contributed by atoms with van der Waals surface area (Å²) in [7, 11) is 0. The summed E-state index contributed by atoms with van der Waals surface area (Å²) < 4.78 is 5.09. The number of hydrogen-bond donors (Lipinski definition) is 3. The Bertz CT molecular complexity index is 107. The highest BCUT2D eigenvalue weighted by Gasteiger charge is 2.13. The molecule has 0 aromatic heterocycles. The van der Waals surface area contributed by atoms with Gasteiger partial charge in [0.1, 0.15) is 6.10 Å². The SMILES string of the molecule is CCC(O)C(C)OCC(O)CO. The summed E-state index contributed by atoms with van der Waals surface area (Å²) in [5, 5.41) is 26.6. The van der Waals surface area contributed by atoms with Gasteiger partial charge in [-0.05, 0) is 13.3 Å². The van der Waals surface area contributed by atoms with E-state index in [4.69, 9.17) is 14.9 Å². The molecule has 12 heavy (non-hydrogen) atoms. The summed E-state index contributed by atoms with van der Waals surface area (Å²) in [4.78, 5) is 0. The molecule has 4 nitrogen and oxygen atoms in total. The zero-order valence-electron chi connectivity index (χ0n) is 7.60. The van der Waals surface area contributed by atoms with Crippen molar-refractivity contribution in [2.75, 3.05) is 13.2 Å². The molecule has 0 amide bonds. The molecule has 0 spiro atoms. The van der Waals surface area contributed by atoms with Crippen LogP contribution in [0, 0.1) is 0 Å². The van der Waals surface area contributed by atoms with Gasteiger partial charge in [0, 0.05) is 0 Å². The van der Waals surface area contributed by atoms with Crippen molar-refractivity contribution in [3.8, 4) is 0 Å². The molecule has 3 atom stereocenters. The van der Waals surface area contributed by atoms with Crippen molar-refractivity contribution in [3.05, 3.63) is 0 Å². The number of hydrogen-bond acceptors (Lipinski definition) is 4. The summed E-state index contributed by atoms with van der Waals surface area (Å²) in [6.07, 6.45) is -1.03. The Labute approximate surface area is 72.8 Å². The van der Waals surface area contributed by atoms with Crippen LogP contribution in [0.4, 0.5) is 0 Å². The lowest BCUT2D eigenvalue weighted by molar-refractivity contribution is -0.0676. The van der Waals surface area contributed by atoms with Gasteiger partial charge in [0.25, 0.3) is 0 Å². The van der Waals surface area contributed by atoms with Crippen LogP contribution >= 0.6 is 0 Å². The molecule has 0 aliphatic rings. The monoisotopic (exact) mass is 178 g/mol. The zero-order chi connectivity index (χ0) is 9.56. The van der Waals surface area contributed by atoms with Crippen LogP contribution in [0.1, 0.15) is 20.3 Å². The quantitative estimate of drug-likeness (QED) is 0.513. The van der Waals surface area contributed by atoms with Gasteiger partial charge >= 0.3 is 0 Å². The summed E-state index contributed by atoms with van der Waals surface area (Å²) in [5.74, 6) is 0. The number of aliphatic hydroxyl groups excluding tert-OH is 3. The Morgan fingerprint density at radius 3 is 2.33 bits per heavy atom. The average Bonchev–Trinajstić information content (AvgIpc) is 2.11. The normalized spacial score (nSPS) is 18.8. The highest BCUT2D eigenvalue weighted by molar-refractivity contribution is 4.62. The van der Waals surface area contributed by atoms with Crippen molar-refractivity contribution in [2.45, 2.75) is 38.6 Å². The molecule has 0 heterocycles. The van der Waals surface area contributed by atoms with Crippen LogP contribution in [-0.2, 0) is 4.74 Å². The molecule has 0 fully saturated rings. The minimum atomic E-state index is -0.850. The first-order valence-corrected chi connectivity index (χ1v) is 4.20. The summed E-state index contributed by atoms with van der Waals surface area (Å²) in [6.45, 7) is 3.34. The Hall–Kier alpha value is -0.160. The number of ether oxygens (including phenoxy) is 1. The third-order valence-corrected chi connectivity index (χ3v) is 1.72. The minimum absolute atomic E-state index is 0.0642. The van der Waals surface area contributed by atoms with Crippen LogP contribution in [0.3, 0.4) is 0 Å². The lowest BCUT2D eigenvalue weighted by atomic mass is 10.2. The first-order valence-electron chi connectivity index (χ1n) is 4.20. The van der Waals surface area contributed by atoms with Crippen molar-refractivity contribution in [1.29, 1.82) is 0 Å². The van der Waals surface area contributed by atoms with E-state index in [1.807, 2.05) is 6.92 Å². The van der Waals surface area contributed by atoms with E-state index in [2.05, 4.69) is 0 Å². The van der Waals surface area contributed by atoms with Gasteiger partial charge in [0.2, 0.25) is 0 Å². The minimum Gasteiger partial charge on any atom is -0.394 e. The Morgan fingerprint density at radius 2 is 1.92 bits per heavy atom. The maximum absolute atomic E-state index is 9.24. The Kier molecular flexibility index (Phi) is 6.28. The second kappa shape index (κ2) is 6.37. The third-order valence-electron chi connectivity index (χ3n) is 1.72. The van der Waals surface area contributed by atoms with E-state index in [9.17, 15) is 5.11 Å². The van der Waals surface area contributed by atoms with E-state index in [1.54, 1.807) is 6.92 Å². The van der Waals surface area contributed by atoms with Gasteiger partial charge in [-0.3, -0.25) is 0 Å². The highest BCUT2D eigenvalue weighted by Crippen LogP contribution is 2.02. The van der Waals surface area contributed by atoms with Crippen molar-refractivity contribution in [1.82, 2.24) is 0 Å². The van der Waals surface area contributed by atoms with Crippen LogP contribution in [0.2, 0.25) is 0 Å². The standard InChI is InChI=1S/C8H18O4/c1-3-8(11)6(2)12-5-7(10)4-9/h6-11H,3-5H2,1-2H3. The van der Waals surface area contributed by atoms with Gasteiger partial charge in [-0.25, -0.2) is 0 Å². The molecule has 0 aliphatic heterocycles. The zero-order valence-corrected chi connectivity index (χ0v) is 7.60. The Balaban J connectivity index is 3.49. The van der Waals surface area contributed by atoms with Gasteiger partial charge in [0.05, 0.1) is 25.4 Å². The predicted molar refractivity (Wildman–Crippen MR) is 44.8 cm³/mol. The van der Waals surface area contributed by atoms with E-state index < -0.39 is 12.2 Å². The van der Waals surface area contributed by atoms with Crippen LogP contribution in [0.15, 0.2) is 0 Å². The smallest absolute Gasteiger partial charge is 0.100 e. The molecule has 0 aromatic carbocycles. The fourth-order valence-corrected chi connectivity index (χ4v) is 0.759. The largest absolute Gasteiger partial charge is 0.394 e. The molecule has 0 aromatic rings. The van der Waals surface area contributed by atoms with Crippen LogP contribution < -0.4 is 0 Å². The van der Waals surface area contributed by atoms with Crippen molar-refractivity contribution >= 4 is 0 Å². The van der Waals surface area contributed by atoms with Crippen molar-refractivity contribution in [3.63, 3.8) is 0 Å². The summed E-state index contributed by atoms with van der Waals surface area (Å²) in [5.41, 5.74) is 0. The molecule has 0 aliphatic carbocycles. The topological polar surface area (TPSA) is 69.9 Å². The highest BCUT2D eigenvalue weighted by atomic mass is 16.5. The van der Waals surface area contributed by atoms with Gasteiger partial charge in [-0.15, -0.1) is 0 Å². The molecule has 0 saturated carbocycles. The van der Waals surface area contributed by atoms with Crippen LogP contribution in [-0.4, -0.2) is 46.8 Å². The van der Waals surface area contributed by atoms with E-state index in [0.29, 0.717) is 6.42 Å². The summed E-state index contributed by atoms with van der Waals surface area (Å²) >= 11 is 0. The fourth-order valence-electron chi connectivity index (χ4n) is 0.759. The predicted octanol–water partition coefficient (Wildman–Crippen LogP) is -0.484. The second-order valence-electron chi connectivity index (χ2n) is 2.85. The van der Waals surface area contributed by atoms with E-state index >= 15 is 0 Å². The number of aliphatic hydroxyl groups is 3. The molecule has 0 radical (unpaired) electrons.